The number of phenols is 1. The van der Waals surface area contributed by atoms with E-state index in [-0.39, 0.29) is 0 Å². The van der Waals surface area contributed by atoms with Crippen LogP contribution in [0.3, 0.4) is 0 Å². The Bertz CT molecular complexity index is 498. The van der Waals surface area contributed by atoms with Crippen LogP contribution in [0.2, 0.25) is 0 Å². The molecule has 2 rings (SSSR count). The van der Waals surface area contributed by atoms with Crippen molar-refractivity contribution in [2.75, 3.05) is 0 Å². The van der Waals surface area contributed by atoms with E-state index in [2.05, 4.69) is 19.1 Å². The van der Waals surface area contributed by atoms with Crippen molar-refractivity contribution in [1.82, 2.24) is 0 Å². The number of aromatic hydroxyl groups is 1. The van der Waals surface area contributed by atoms with E-state index in [1.807, 2.05) is 26.0 Å². The Morgan fingerprint density at radius 1 is 0.929 bits per heavy atom. The summed E-state index contributed by atoms with van der Waals surface area (Å²) >= 11 is 0. The average Bonchev–Trinajstić information content (AvgIpc) is 2.10. The molecule has 0 aromatic heterocycles. The molecule has 0 spiro atoms. The van der Waals surface area contributed by atoms with Gasteiger partial charge in [0.25, 0.3) is 0 Å². The molecular formula is C13H14O. The molecule has 0 amide bonds. The lowest BCUT2D eigenvalue weighted by molar-refractivity contribution is 0.481. The van der Waals surface area contributed by atoms with Crippen LogP contribution >= 0.6 is 0 Å². The summed E-state index contributed by atoms with van der Waals surface area (Å²) in [7, 11) is 0. The fourth-order valence-corrected chi connectivity index (χ4v) is 1.92. The summed E-state index contributed by atoms with van der Waals surface area (Å²) in [6, 6.07) is 8.08. The molecule has 0 saturated carbocycles. The van der Waals surface area contributed by atoms with Crippen LogP contribution in [0, 0.1) is 20.8 Å². The van der Waals surface area contributed by atoms with Crippen LogP contribution in [0.4, 0.5) is 0 Å². The fraction of sp³-hybridized carbons (Fsp3) is 0.231. The quantitative estimate of drug-likeness (QED) is 0.668. The molecule has 0 radical (unpaired) electrons. The molecule has 0 atom stereocenters. The molecule has 0 bridgehead atoms. The average molecular weight is 186 g/mol. The summed E-state index contributed by atoms with van der Waals surface area (Å²) < 4.78 is 0. The molecule has 0 saturated heterocycles. The molecule has 0 unspecified atom stereocenters. The van der Waals surface area contributed by atoms with Gasteiger partial charge in [0.05, 0.1) is 0 Å². The molecule has 2 aromatic carbocycles. The molecule has 0 aliphatic heterocycles. The van der Waals surface area contributed by atoms with Gasteiger partial charge in [0, 0.05) is 5.39 Å². The maximum Gasteiger partial charge on any atom is 0.123 e. The van der Waals surface area contributed by atoms with Crippen LogP contribution in [-0.2, 0) is 0 Å². The van der Waals surface area contributed by atoms with Crippen LogP contribution < -0.4 is 0 Å². The van der Waals surface area contributed by atoms with Gasteiger partial charge in [0.2, 0.25) is 0 Å². The molecular weight excluding hydrogens is 172 g/mol. The van der Waals surface area contributed by atoms with Crippen molar-refractivity contribution in [3.05, 3.63) is 41.0 Å². The molecule has 1 N–H and O–H groups in total. The van der Waals surface area contributed by atoms with Gasteiger partial charge in [0.1, 0.15) is 5.75 Å². The van der Waals surface area contributed by atoms with Gasteiger partial charge in [-0.1, -0.05) is 18.2 Å². The molecule has 1 heteroatoms. The van der Waals surface area contributed by atoms with E-state index in [1.54, 1.807) is 0 Å². The van der Waals surface area contributed by atoms with E-state index < -0.39 is 0 Å². The minimum Gasteiger partial charge on any atom is -0.507 e. The third-order valence-electron chi connectivity index (χ3n) is 2.66. The second-order valence-electron chi connectivity index (χ2n) is 3.91. The summed E-state index contributed by atoms with van der Waals surface area (Å²) in [5, 5.41) is 12.0. The first-order chi connectivity index (χ1) is 6.59. The predicted molar refractivity (Wildman–Crippen MR) is 59.8 cm³/mol. The number of aryl methyl sites for hydroxylation is 3. The van der Waals surface area contributed by atoms with Gasteiger partial charge in [-0.25, -0.2) is 0 Å². The number of hydrogen-bond donors (Lipinski definition) is 1. The number of fused-ring (bicyclic) bond motifs is 1. The van der Waals surface area contributed by atoms with Gasteiger partial charge >= 0.3 is 0 Å². The first-order valence-electron chi connectivity index (χ1n) is 4.79. The van der Waals surface area contributed by atoms with E-state index in [1.165, 1.54) is 5.56 Å². The predicted octanol–water partition coefficient (Wildman–Crippen LogP) is 3.47. The third kappa shape index (κ3) is 1.25. The maximum atomic E-state index is 9.86. The van der Waals surface area contributed by atoms with Crippen molar-refractivity contribution < 1.29 is 5.11 Å². The topological polar surface area (TPSA) is 20.2 Å². The van der Waals surface area contributed by atoms with Crippen LogP contribution in [0.15, 0.2) is 24.3 Å². The summed E-state index contributed by atoms with van der Waals surface area (Å²) in [5.41, 5.74) is 3.44. The van der Waals surface area contributed by atoms with Gasteiger partial charge in [-0.05, 0) is 48.9 Å². The van der Waals surface area contributed by atoms with E-state index in [0.29, 0.717) is 5.75 Å². The minimum atomic E-state index is 0.390. The highest BCUT2D eigenvalue weighted by atomic mass is 16.3. The van der Waals surface area contributed by atoms with Crippen molar-refractivity contribution in [1.29, 1.82) is 0 Å². The third-order valence-corrected chi connectivity index (χ3v) is 2.66. The Labute approximate surface area is 84.0 Å². The lowest BCUT2D eigenvalue weighted by Gasteiger charge is -2.08. The molecule has 1 nitrogen and oxygen atoms in total. The number of benzene rings is 2. The van der Waals surface area contributed by atoms with Gasteiger partial charge in [-0.3, -0.25) is 0 Å². The smallest absolute Gasteiger partial charge is 0.123 e. The Kier molecular flexibility index (Phi) is 1.95. The zero-order valence-electron chi connectivity index (χ0n) is 8.76. The zero-order chi connectivity index (χ0) is 10.3. The van der Waals surface area contributed by atoms with Crippen molar-refractivity contribution >= 4 is 10.8 Å². The molecule has 72 valence electrons. The first-order valence-corrected chi connectivity index (χ1v) is 4.79. The monoisotopic (exact) mass is 186 g/mol. The number of hydrogen-bond acceptors (Lipinski definition) is 1. The molecule has 14 heavy (non-hydrogen) atoms. The Balaban J connectivity index is 3.00. The van der Waals surface area contributed by atoms with Gasteiger partial charge in [0.15, 0.2) is 0 Å². The molecule has 0 aliphatic carbocycles. The van der Waals surface area contributed by atoms with E-state index in [4.69, 9.17) is 0 Å². The molecule has 0 fully saturated rings. The highest BCUT2D eigenvalue weighted by Crippen LogP contribution is 2.31. The first kappa shape index (κ1) is 9.07. The summed E-state index contributed by atoms with van der Waals surface area (Å²) in [5.74, 6) is 0.390. The van der Waals surface area contributed by atoms with Crippen molar-refractivity contribution in [2.24, 2.45) is 0 Å². The normalized spacial score (nSPS) is 10.8. The zero-order valence-corrected chi connectivity index (χ0v) is 8.76. The number of phenolic OH excluding ortho intramolecular Hbond substituents is 1. The van der Waals surface area contributed by atoms with E-state index in [9.17, 15) is 5.11 Å². The molecule has 0 aliphatic rings. The van der Waals surface area contributed by atoms with Crippen LogP contribution in [0.25, 0.3) is 10.8 Å². The second kappa shape index (κ2) is 3.02. The van der Waals surface area contributed by atoms with Crippen LogP contribution in [0.5, 0.6) is 5.75 Å². The SMILES string of the molecule is Cc1cc(O)c2c(C)ccc(C)c2c1. The lowest BCUT2D eigenvalue weighted by Crippen LogP contribution is -1.85. The largest absolute Gasteiger partial charge is 0.507 e. The van der Waals surface area contributed by atoms with Crippen LogP contribution in [0.1, 0.15) is 16.7 Å². The second-order valence-corrected chi connectivity index (χ2v) is 3.91. The summed E-state index contributed by atoms with van der Waals surface area (Å²) in [6.07, 6.45) is 0. The van der Waals surface area contributed by atoms with E-state index in [0.717, 1.165) is 21.9 Å². The minimum absolute atomic E-state index is 0.390. The fourth-order valence-electron chi connectivity index (χ4n) is 1.92. The van der Waals surface area contributed by atoms with Gasteiger partial charge < -0.3 is 5.11 Å². The Morgan fingerprint density at radius 2 is 1.57 bits per heavy atom. The highest BCUT2D eigenvalue weighted by molar-refractivity contribution is 5.93. The van der Waals surface area contributed by atoms with Gasteiger partial charge in [-0.2, -0.15) is 0 Å². The van der Waals surface area contributed by atoms with Crippen molar-refractivity contribution in [3.8, 4) is 5.75 Å². The maximum absolute atomic E-state index is 9.86. The Hall–Kier alpha value is -1.50. The van der Waals surface area contributed by atoms with Gasteiger partial charge in [-0.15, -0.1) is 0 Å². The van der Waals surface area contributed by atoms with Crippen molar-refractivity contribution in [2.45, 2.75) is 20.8 Å². The standard InChI is InChI=1S/C13H14O/c1-8-6-11-9(2)4-5-10(3)13(11)12(14)7-8/h4-7,14H,1-3H3. The molecule has 0 heterocycles. The number of rotatable bonds is 0. The Morgan fingerprint density at radius 3 is 2.29 bits per heavy atom. The summed E-state index contributed by atoms with van der Waals surface area (Å²) in [6.45, 7) is 6.10. The van der Waals surface area contributed by atoms with Crippen LogP contribution in [-0.4, -0.2) is 5.11 Å². The molecule has 2 aromatic rings. The highest BCUT2D eigenvalue weighted by Gasteiger charge is 2.05. The van der Waals surface area contributed by atoms with Crippen molar-refractivity contribution in [3.63, 3.8) is 0 Å². The summed E-state index contributed by atoms with van der Waals surface area (Å²) in [4.78, 5) is 0. The lowest BCUT2D eigenvalue weighted by atomic mass is 9.98. The van der Waals surface area contributed by atoms with E-state index >= 15 is 0 Å².